The molecule has 0 spiro atoms. The summed E-state index contributed by atoms with van der Waals surface area (Å²) in [6, 6.07) is 12.2. The second-order valence-corrected chi connectivity index (χ2v) is 5.55. The number of hydrogen-bond acceptors (Lipinski definition) is 5. The second-order valence-electron chi connectivity index (χ2n) is 5.55. The van der Waals surface area contributed by atoms with Crippen molar-refractivity contribution in [2.75, 3.05) is 6.61 Å². The highest BCUT2D eigenvalue weighted by Crippen LogP contribution is 2.26. The molecule has 2 aromatic carbocycles. The third-order valence-electron chi connectivity index (χ3n) is 3.69. The molecule has 27 heavy (non-hydrogen) atoms. The zero-order chi connectivity index (χ0) is 19.2. The van der Waals surface area contributed by atoms with Crippen molar-refractivity contribution in [3.63, 3.8) is 0 Å². The summed E-state index contributed by atoms with van der Waals surface area (Å²) in [6.45, 7) is 2.26. The van der Waals surface area contributed by atoms with Crippen molar-refractivity contribution >= 4 is 5.97 Å². The number of carbonyl (C=O) groups is 1. The number of halogens is 1. The smallest absolute Gasteiger partial charge is 0.339 e. The van der Waals surface area contributed by atoms with Crippen LogP contribution in [0.4, 0.5) is 4.39 Å². The Balaban J connectivity index is 1.81. The van der Waals surface area contributed by atoms with Gasteiger partial charge in [0.05, 0.1) is 12.3 Å². The molecule has 1 N–H and O–H groups in total. The van der Waals surface area contributed by atoms with E-state index in [4.69, 9.17) is 9.47 Å². The van der Waals surface area contributed by atoms with Gasteiger partial charge in [-0.2, -0.15) is 0 Å². The van der Waals surface area contributed by atoms with E-state index in [1.54, 1.807) is 31.3 Å². The maximum atomic E-state index is 12.9. The summed E-state index contributed by atoms with van der Waals surface area (Å²) < 4.78 is 23.8. The van der Waals surface area contributed by atoms with Crippen molar-refractivity contribution < 1.29 is 23.8 Å². The quantitative estimate of drug-likeness (QED) is 0.680. The van der Waals surface area contributed by atoms with Crippen LogP contribution in [0.15, 0.2) is 54.7 Å². The largest absolute Gasteiger partial charge is 0.493 e. The van der Waals surface area contributed by atoms with Crippen molar-refractivity contribution in [3.8, 4) is 22.8 Å². The molecule has 1 aromatic heterocycles. The van der Waals surface area contributed by atoms with E-state index < -0.39 is 5.97 Å². The fraction of sp³-hybridized carbons (Fsp3) is 0.150. The molecule has 0 fully saturated rings. The Hall–Kier alpha value is -3.48. The van der Waals surface area contributed by atoms with E-state index in [-0.39, 0.29) is 18.0 Å². The van der Waals surface area contributed by atoms with Gasteiger partial charge in [-0.05, 0) is 55.5 Å². The average molecular weight is 368 g/mol. The minimum atomic E-state index is -1.07. The maximum absolute atomic E-state index is 12.9. The first-order valence-electron chi connectivity index (χ1n) is 8.27. The average Bonchev–Trinajstić information content (AvgIpc) is 2.68. The monoisotopic (exact) mass is 368 g/mol. The fourth-order valence-corrected chi connectivity index (χ4v) is 2.45. The number of carboxylic acid groups (broad SMARTS) is 1. The fourth-order valence-electron chi connectivity index (χ4n) is 2.45. The summed E-state index contributed by atoms with van der Waals surface area (Å²) in [7, 11) is 0. The molecule has 0 aliphatic rings. The first-order valence-corrected chi connectivity index (χ1v) is 8.27. The summed E-state index contributed by atoms with van der Waals surface area (Å²) in [5, 5.41) is 9.39. The predicted octanol–water partition coefficient (Wildman–Crippen LogP) is 3.96. The number of nitrogens with zero attached hydrogens (tertiary/aromatic N) is 2. The van der Waals surface area contributed by atoms with Gasteiger partial charge in [0.1, 0.15) is 29.5 Å². The summed E-state index contributed by atoms with van der Waals surface area (Å²) in [5.41, 5.74) is 1.26. The van der Waals surface area contributed by atoms with Crippen molar-refractivity contribution in [2.24, 2.45) is 0 Å². The molecule has 138 valence electrons. The van der Waals surface area contributed by atoms with Crippen molar-refractivity contribution in [1.82, 2.24) is 9.97 Å². The van der Waals surface area contributed by atoms with E-state index in [0.29, 0.717) is 35.2 Å². The molecule has 0 amide bonds. The minimum absolute atomic E-state index is 0.0667. The van der Waals surface area contributed by atoms with Crippen LogP contribution < -0.4 is 9.47 Å². The number of aromatic carboxylic acids is 1. The second kappa shape index (κ2) is 8.27. The Labute approximate surface area is 155 Å². The number of carboxylic acids is 1. The lowest BCUT2D eigenvalue weighted by Crippen LogP contribution is -2.04. The molecule has 3 aromatic rings. The molecule has 0 unspecified atom stereocenters. The number of ether oxygens (including phenoxy) is 2. The zero-order valence-corrected chi connectivity index (χ0v) is 14.6. The highest BCUT2D eigenvalue weighted by atomic mass is 19.1. The van der Waals surface area contributed by atoms with Gasteiger partial charge in [0.25, 0.3) is 0 Å². The third-order valence-corrected chi connectivity index (χ3v) is 3.69. The van der Waals surface area contributed by atoms with Gasteiger partial charge in [-0.3, -0.25) is 0 Å². The van der Waals surface area contributed by atoms with Gasteiger partial charge in [-0.1, -0.05) is 0 Å². The Kier molecular flexibility index (Phi) is 5.61. The van der Waals surface area contributed by atoms with Crippen LogP contribution in [0.3, 0.4) is 0 Å². The third kappa shape index (κ3) is 4.58. The molecule has 0 aliphatic heterocycles. The van der Waals surface area contributed by atoms with Crippen LogP contribution in [0, 0.1) is 5.82 Å². The van der Waals surface area contributed by atoms with Gasteiger partial charge in [-0.15, -0.1) is 0 Å². The first-order chi connectivity index (χ1) is 13.1. The van der Waals surface area contributed by atoms with E-state index in [1.165, 1.54) is 30.3 Å². The Morgan fingerprint density at radius 2 is 1.89 bits per heavy atom. The lowest BCUT2D eigenvalue weighted by atomic mass is 10.1. The summed E-state index contributed by atoms with van der Waals surface area (Å²) in [6.07, 6.45) is 1.57. The molecular formula is C20H17FN2O4. The van der Waals surface area contributed by atoms with Crippen LogP contribution in [0.5, 0.6) is 11.5 Å². The van der Waals surface area contributed by atoms with Crippen LogP contribution in [-0.4, -0.2) is 27.7 Å². The molecule has 0 atom stereocenters. The number of rotatable bonds is 7. The normalized spacial score (nSPS) is 10.4. The molecule has 0 bridgehead atoms. The summed E-state index contributed by atoms with van der Waals surface area (Å²) >= 11 is 0. The van der Waals surface area contributed by atoms with Gasteiger partial charge >= 0.3 is 5.97 Å². The number of benzene rings is 2. The van der Waals surface area contributed by atoms with E-state index in [2.05, 4.69) is 9.97 Å². The van der Waals surface area contributed by atoms with E-state index in [0.717, 1.165) is 0 Å². The molecule has 3 rings (SSSR count). The van der Waals surface area contributed by atoms with E-state index in [1.807, 2.05) is 0 Å². The van der Waals surface area contributed by atoms with E-state index >= 15 is 0 Å². The van der Waals surface area contributed by atoms with Crippen molar-refractivity contribution in [1.29, 1.82) is 0 Å². The van der Waals surface area contributed by atoms with Crippen LogP contribution >= 0.6 is 0 Å². The van der Waals surface area contributed by atoms with E-state index in [9.17, 15) is 14.3 Å². The lowest BCUT2D eigenvalue weighted by Gasteiger charge is -2.10. The van der Waals surface area contributed by atoms with Crippen molar-refractivity contribution in [2.45, 2.75) is 13.5 Å². The molecule has 0 saturated carbocycles. The Bertz CT molecular complexity index is 945. The number of hydrogen-bond donors (Lipinski definition) is 1. The zero-order valence-electron chi connectivity index (χ0n) is 14.6. The highest BCUT2D eigenvalue weighted by molar-refractivity contribution is 5.92. The summed E-state index contributed by atoms with van der Waals surface area (Å²) in [5.74, 6) is -0.190. The van der Waals surface area contributed by atoms with Gasteiger partial charge < -0.3 is 14.6 Å². The first kappa shape index (κ1) is 18.3. The van der Waals surface area contributed by atoms with Gasteiger partial charge in [0.2, 0.25) is 0 Å². The topological polar surface area (TPSA) is 81.5 Å². The standard InChI is InChI=1S/C20H17FN2O4/c1-2-26-18-8-3-13(11-16(18)20(24)25)17-9-10-22-19(23-17)12-27-15-6-4-14(21)5-7-15/h3-11H,2,12H2,1H3,(H,24,25). The molecule has 1 heterocycles. The van der Waals surface area contributed by atoms with Crippen LogP contribution in [-0.2, 0) is 6.61 Å². The Morgan fingerprint density at radius 3 is 2.59 bits per heavy atom. The van der Waals surface area contributed by atoms with Gasteiger partial charge in [-0.25, -0.2) is 19.2 Å². The molecule has 7 heteroatoms. The maximum Gasteiger partial charge on any atom is 0.339 e. The minimum Gasteiger partial charge on any atom is -0.493 e. The molecule has 0 saturated heterocycles. The SMILES string of the molecule is CCOc1ccc(-c2ccnc(COc3ccc(F)cc3)n2)cc1C(=O)O. The van der Waals surface area contributed by atoms with Crippen LogP contribution in [0.25, 0.3) is 11.3 Å². The van der Waals surface area contributed by atoms with Crippen molar-refractivity contribution in [3.05, 3.63) is 71.9 Å². The highest BCUT2D eigenvalue weighted by Gasteiger charge is 2.14. The number of aromatic nitrogens is 2. The van der Waals surface area contributed by atoms with Crippen LogP contribution in [0.2, 0.25) is 0 Å². The molecular weight excluding hydrogens is 351 g/mol. The molecule has 0 aliphatic carbocycles. The Morgan fingerprint density at radius 1 is 1.11 bits per heavy atom. The molecule has 6 nitrogen and oxygen atoms in total. The summed E-state index contributed by atoms with van der Waals surface area (Å²) in [4.78, 5) is 20.0. The predicted molar refractivity (Wildman–Crippen MR) is 96.3 cm³/mol. The van der Waals surface area contributed by atoms with Gasteiger partial charge in [0, 0.05) is 11.8 Å². The van der Waals surface area contributed by atoms with Crippen LogP contribution in [0.1, 0.15) is 23.1 Å². The van der Waals surface area contributed by atoms with Gasteiger partial charge in [0.15, 0.2) is 5.82 Å². The molecule has 0 radical (unpaired) electrons. The lowest BCUT2D eigenvalue weighted by molar-refractivity contribution is 0.0692.